The lowest BCUT2D eigenvalue weighted by atomic mass is 10.1. The zero-order valence-corrected chi connectivity index (χ0v) is 18.6. The topological polar surface area (TPSA) is 70.6 Å². The number of aliphatic imine (C=N–C) groups is 1. The number of nitrogens with zero attached hydrogens (tertiary/aromatic N) is 1. The minimum atomic E-state index is -3.32. The highest BCUT2D eigenvalue weighted by molar-refractivity contribution is 14.0. The number of guanidine groups is 1. The molecule has 0 fully saturated rings. The fraction of sp³-hybridized carbons (Fsp3) is 0.316. The van der Waals surface area contributed by atoms with E-state index in [1.54, 1.807) is 43.4 Å². The molecule has 0 atom stereocenters. The SMILES string of the molecule is CN=C(NCCc1ccc(F)cc1C)NCCS(=O)(=O)c1ccccc1.I. The monoisotopic (exact) mass is 505 g/mol. The molecule has 5 nitrogen and oxygen atoms in total. The maximum atomic E-state index is 13.1. The first-order valence-corrected chi connectivity index (χ1v) is 10.0. The molecule has 0 radical (unpaired) electrons. The molecule has 0 amide bonds. The van der Waals surface area contributed by atoms with Crippen molar-refractivity contribution in [3.05, 3.63) is 65.5 Å². The van der Waals surface area contributed by atoms with Gasteiger partial charge >= 0.3 is 0 Å². The van der Waals surface area contributed by atoms with Crippen molar-refractivity contribution in [1.82, 2.24) is 10.6 Å². The Morgan fingerprint density at radius 1 is 1.07 bits per heavy atom. The molecule has 8 heteroatoms. The van der Waals surface area contributed by atoms with E-state index in [0.29, 0.717) is 17.4 Å². The minimum absolute atomic E-state index is 0. The average Bonchev–Trinajstić information content (AvgIpc) is 2.62. The van der Waals surface area contributed by atoms with Crippen molar-refractivity contribution in [2.75, 3.05) is 25.9 Å². The highest BCUT2D eigenvalue weighted by Gasteiger charge is 2.13. The fourth-order valence-electron chi connectivity index (χ4n) is 2.53. The number of benzene rings is 2. The summed E-state index contributed by atoms with van der Waals surface area (Å²) in [6.07, 6.45) is 0.717. The van der Waals surface area contributed by atoms with Crippen molar-refractivity contribution >= 4 is 39.8 Å². The zero-order chi connectivity index (χ0) is 19.0. The highest BCUT2D eigenvalue weighted by Crippen LogP contribution is 2.10. The lowest BCUT2D eigenvalue weighted by Gasteiger charge is -2.13. The van der Waals surface area contributed by atoms with Gasteiger partial charge in [-0.05, 0) is 48.7 Å². The predicted molar refractivity (Wildman–Crippen MR) is 118 cm³/mol. The molecule has 148 valence electrons. The third-order valence-electron chi connectivity index (χ3n) is 3.98. The molecule has 0 heterocycles. The predicted octanol–water partition coefficient (Wildman–Crippen LogP) is 2.93. The van der Waals surface area contributed by atoms with Crippen LogP contribution >= 0.6 is 24.0 Å². The van der Waals surface area contributed by atoms with Gasteiger partial charge in [0.1, 0.15) is 5.82 Å². The van der Waals surface area contributed by atoms with Crippen LogP contribution in [-0.4, -0.2) is 40.3 Å². The number of aryl methyl sites for hydroxylation is 1. The van der Waals surface area contributed by atoms with E-state index in [4.69, 9.17) is 0 Å². The third-order valence-corrected chi connectivity index (χ3v) is 5.71. The van der Waals surface area contributed by atoms with Gasteiger partial charge in [-0.1, -0.05) is 24.3 Å². The van der Waals surface area contributed by atoms with Gasteiger partial charge in [-0.2, -0.15) is 0 Å². The van der Waals surface area contributed by atoms with E-state index in [9.17, 15) is 12.8 Å². The summed E-state index contributed by atoms with van der Waals surface area (Å²) in [5.74, 6) is 0.277. The quantitative estimate of drug-likeness (QED) is 0.345. The molecule has 0 aromatic heterocycles. The molecular formula is C19H25FIN3O2S. The van der Waals surface area contributed by atoms with E-state index in [1.807, 2.05) is 6.92 Å². The van der Waals surface area contributed by atoms with Crippen molar-refractivity contribution in [3.8, 4) is 0 Å². The first-order chi connectivity index (χ1) is 12.4. The largest absolute Gasteiger partial charge is 0.356 e. The number of rotatable bonds is 7. The Hall–Kier alpha value is -1.68. The Bertz CT molecular complexity index is 859. The molecule has 0 bridgehead atoms. The van der Waals surface area contributed by atoms with Crippen LogP contribution in [0.3, 0.4) is 0 Å². The Labute approximate surface area is 177 Å². The van der Waals surface area contributed by atoms with E-state index in [-0.39, 0.29) is 42.1 Å². The van der Waals surface area contributed by atoms with Crippen LogP contribution in [0.5, 0.6) is 0 Å². The van der Waals surface area contributed by atoms with Gasteiger partial charge < -0.3 is 10.6 Å². The summed E-state index contributed by atoms with van der Waals surface area (Å²) in [7, 11) is -1.69. The Morgan fingerprint density at radius 2 is 1.74 bits per heavy atom. The molecular weight excluding hydrogens is 480 g/mol. The number of halogens is 2. The van der Waals surface area contributed by atoms with E-state index < -0.39 is 9.84 Å². The van der Waals surface area contributed by atoms with E-state index in [2.05, 4.69) is 15.6 Å². The van der Waals surface area contributed by atoms with Crippen LogP contribution in [0, 0.1) is 12.7 Å². The minimum Gasteiger partial charge on any atom is -0.356 e. The average molecular weight is 505 g/mol. The van der Waals surface area contributed by atoms with Gasteiger partial charge in [0.15, 0.2) is 15.8 Å². The number of sulfone groups is 1. The van der Waals surface area contributed by atoms with Gasteiger partial charge in [-0.15, -0.1) is 24.0 Å². The Kier molecular flexibility index (Phi) is 9.71. The van der Waals surface area contributed by atoms with Crippen LogP contribution in [0.25, 0.3) is 0 Å². The van der Waals surface area contributed by atoms with Crippen LogP contribution in [0.1, 0.15) is 11.1 Å². The van der Waals surface area contributed by atoms with Crippen molar-refractivity contribution in [2.24, 2.45) is 4.99 Å². The maximum absolute atomic E-state index is 13.1. The molecule has 0 aliphatic carbocycles. The van der Waals surface area contributed by atoms with Crippen molar-refractivity contribution < 1.29 is 12.8 Å². The second-order valence-electron chi connectivity index (χ2n) is 5.88. The maximum Gasteiger partial charge on any atom is 0.191 e. The molecule has 0 saturated heterocycles. The molecule has 0 unspecified atom stereocenters. The van der Waals surface area contributed by atoms with Crippen LogP contribution < -0.4 is 10.6 Å². The molecule has 27 heavy (non-hydrogen) atoms. The van der Waals surface area contributed by atoms with E-state index >= 15 is 0 Å². The van der Waals surface area contributed by atoms with E-state index in [0.717, 1.165) is 17.5 Å². The summed E-state index contributed by atoms with van der Waals surface area (Å²) >= 11 is 0. The fourth-order valence-corrected chi connectivity index (χ4v) is 3.70. The first-order valence-electron chi connectivity index (χ1n) is 8.40. The molecule has 0 saturated carbocycles. The summed E-state index contributed by atoms with van der Waals surface area (Å²) in [4.78, 5) is 4.40. The smallest absolute Gasteiger partial charge is 0.191 e. The van der Waals surface area contributed by atoms with Gasteiger partial charge in [0.2, 0.25) is 0 Å². The van der Waals surface area contributed by atoms with Gasteiger partial charge in [0.05, 0.1) is 10.6 Å². The normalized spacial score (nSPS) is 11.6. The standard InChI is InChI=1S/C19H24FN3O2S.HI/c1-15-14-17(20)9-8-16(15)10-11-22-19(21-2)23-12-13-26(24,25)18-6-4-3-5-7-18;/h3-9,14H,10-13H2,1-2H3,(H2,21,22,23);1H. The van der Waals surface area contributed by atoms with Crippen molar-refractivity contribution in [2.45, 2.75) is 18.2 Å². The van der Waals surface area contributed by atoms with Crippen molar-refractivity contribution in [1.29, 1.82) is 0 Å². The number of hydrogen-bond donors (Lipinski definition) is 2. The van der Waals surface area contributed by atoms with E-state index in [1.165, 1.54) is 12.1 Å². The number of hydrogen-bond acceptors (Lipinski definition) is 3. The Balaban J connectivity index is 0.00000364. The van der Waals surface area contributed by atoms with Crippen LogP contribution in [0.4, 0.5) is 4.39 Å². The second kappa shape index (κ2) is 11.2. The summed E-state index contributed by atoms with van der Waals surface area (Å²) in [5, 5.41) is 6.14. The lowest BCUT2D eigenvalue weighted by molar-refractivity contribution is 0.594. The Morgan fingerprint density at radius 3 is 2.37 bits per heavy atom. The zero-order valence-electron chi connectivity index (χ0n) is 15.4. The number of nitrogens with one attached hydrogen (secondary N) is 2. The summed E-state index contributed by atoms with van der Waals surface area (Å²) in [6.45, 7) is 2.74. The molecule has 2 rings (SSSR count). The molecule has 0 spiro atoms. The van der Waals surface area contributed by atoms with Crippen LogP contribution in [-0.2, 0) is 16.3 Å². The molecule has 0 aliphatic rings. The van der Waals surface area contributed by atoms with Gasteiger partial charge in [-0.25, -0.2) is 12.8 Å². The summed E-state index contributed by atoms with van der Waals surface area (Å²) in [6, 6.07) is 13.1. The summed E-state index contributed by atoms with van der Waals surface area (Å²) in [5.41, 5.74) is 1.96. The first kappa shape index (κ1) is 23.4. The van der Waals surface area contributed by atoms with Gasteiger partial charge in [-0.3, -0.25) is 4.99 Å². The van der Waals surface area contributed by atoms with Crippen LogP contribution in [0.2, 0.25) is 0 Å². The van der Waals surface area contributed by atoms with Gasteiger partial charge in [0, 0.05) is 20.1 Å². The third kappa shape index (κ3) is 7.45. The molecule has 2 N–H and O–H groups in total. The summed E-state index contributed by atoms with van der Waals surface area (Å²) < 4.78 is 37.6. The molecule has 0 aliphatic heterocycles. The lowest BCUT2D eigenvalue weighted by Crippen LogP contribution is -2.40. The molecule has 2 aromatic rings. The molecule has 2 aromatic carbocycles. The highest BCUT2D eigenvalue weighted by atomic mass is 127. The van der Waals surface area contributed by atoms with Crippen molar-refractivity contribution in [3.63, 3.8) is 0 Å². The van der Waals surface area contributed by atoms with Crippen LogP contribution in [0.15, 0.2) is 58.4 Å². The van der Waals surface area contributed by atoms with Gasteiger partial charge in [0.25, 0.3) is 0 Å². The second-order valence-corrected chi connectivity index (χ2v) is 7.99.